The number of nitrogens with one attached hydrogen (secondary N) is 2. The Labute approximate surface area is 187 Å². The third-order valence-corrected chi connectivity index (χ3v) is 6.53. The zero-order chi connectivity index (χ0) is 22.1. The number of hydrogen-bond donors (Lipinski definition) is 2. The number of methoxy groups -OCH3 is 1. The van der Waals surface area contributed by atoms with Crippen molar-refractivity contribution in [2.45, 2.75) is 44.0 Å². The van der Waals surface area contributed by atoms with Crippen molar-refractivity contribution in [2.75, 3.05) is 18.2 Å². The quantitative estimate of drug-likeness (QED) is 0.419. The summed E-state index contributed by atoms with van der Waals surface area (Å²) in [6, 6.07) is 13.4. The lowest BCUT2D eigenvalue weighted by Gasteiger charge is -2.29. The normalized spacial score (nSPS) is 15.8. The highest BCUT2D eigenvalue weighted by Gasteiger charge is 2.24. The average Bonchev–Trinajstić information content (AvgIpc) is 2.82. The number of anilines is 1. The Morgan fingerprint density at radius 2 is 1.97 bits per heavy atom. The van der Waals surface area contributed by atoms with E-state index in [1.54, 1.807) is 25.4 Å². The van der Waals surface area contributed by atoms with Gasteiger partial charge in [0.25, 0.3) is 0 Å². The van der Waals surface area contributed by atoms with Crippen LogP contribution in [0.4, 0.5) is 5.82 Å². The van der Waals surface area contributed by atoms with Gasteiger partial charge in [-0.25, -0.2) is 4.98 Å². The summed E-state index contributed by atoms with van der Waals surface area (Å²) >= 11 is 1.51. The highest BCUT2D eigenvalue weighted by Crippen LogP contribution is 2.32. The van der Waals surface area contributed by atoms with E-state index in [0.717, 1.165) is 54.4 Å². The fraction of sp³-hybridized carbons (Fsp3) is 0.375. The molecule has 1 heterocycles. The minimum absolute atomic E-state index is 0.0459. The number of hydrogen-bond acceptors (Lipinski definition) is 6. The molecule has 0 radical (unpaired) electrons. The van der Waals surface area contributed by atoms with E-state index in [1.165, 1.54) is 11.8 Å². The first-order valence-corrected chi connectivity index (χ1v) is 11.5. The zero-order valence-electron chi connectivity index (χ0n) is 18.0. The van der Waals surface area contributed by atoms with Crippen LogP contribution in [0.5, 0.6) is 5.75 Å². The summed E-state index contributed by atoms with van der Waals surface area (Å²) in [5, 5.41) is 6.34. The largest absolute Gasteiger partial charge is 0.497 e. The van der Waals surface area contributed by atoms with Crippen molar-refractivity contribution in [3.05, 3.63) is 65.4 Å². The van der Waals surface area contributed by atoms with Crippen LogP contribution in [0.25, 0.3) is 0 Å². The molecular weight excluding hydrogens is 410 g/mol. The molecule has 0 saturated carbocycles. The maximum atomic E-state index is 12.5. The van der Waals surface area contributed by atoms with E-state index < -0.39 is 0 Å². The fourth-order valence-corrected chi connectivity index (χ4v) is 4.79. The monoisotopic (exact) mass is 439 g/mol. The average molecular weight is 440 g/mol. The van der Waals surface area contributed by atoms with Crippen LogP contribution in [0.3, 0.4) is 0 Å². The van der Waals surface area contributed by atoms with Gasteiger partial charge >= 0.3 is 0 Å². The van der Waals surface area contributed by atoms with Crippen molar-refractivity contribution in [3.63, 3.8) is 0 Å². The summed E-state index contributed by atoms with van der Waals surface area (Å²) in [7, 11) is 1.65. The third kappa shape index (κ3) is 6.67. The second-order valence-corrected chi connectivity index (χ2v) is 8.58. The molecule has 0 spiro atoms. The lowest BCUT2D eigenvalue weighted by atomic mass is 9.92. The van der Waals surface area contributed by atoms with Crippen LogP contribution < -0.4 is 15.4 Å². The molecule has 0 saturated heterocycles. The van der Waals surface area contributed by atoms with Gasteiger partial charge in [-0.2, -0.15) is 0 Å². The molecule has 164 valence electrons. The topological polar surface area (TPSA) is 80.3 Å². The summed E-state index contributed by atoms with van der Waals surface area (Å²) in [4.78, 5) is 28.3. The predicted molar refractivity (Wildman–Crippen MR) is 125 cm³/mol. The molecule has 0 unspecified atom stereocenters. The van der Waals surface area contributed by atoms with Crippen molar-refractivity contribution in [1.82, 2.24) is 10.3 Å². The second-order valence-electron chi connectivity index (χ2n) is 7.49. The predicted octanol–water partition coefficient (Wildman–Crippen LogP) is 4.51. The number of ether oxygens (including phenoxy) is 1. The number of allylic oxidation sites excluding steroid dienone is 1. The number of aldehydes is 1. The van der Waals surface area contributed by atoms with Crippen LogP contribution in [-0.4, -0.2) is 35.4 Å². The van der Waals surface area contributed by atoms with E-state index in [1.807, 2.05) is 30.3 Å². The minimum Gasteiger partial charge on any atom is -0.497 e. The SMILES string of the molecule is COc1ccc([C@H](C)N[C@@H](SCC(=O)Nc2ccccn2)C2=C(C=O)CCCC2)cc1. The van der Waals surface area contributed by atoms with Gasteiger partial charge in [-0.1, -0.05) is 18.2 Å². The standard InChI is InChI=1S/C24H29N3O3S/c1-17(18-10-12-20(30-2)13-11-18)26-24(21-8-4-3-7-19(21)15-28)31-16-23(29)27-22-9-5-6-14-25-22/h5-6,9-15,17,24,26H,3-4,7-8,16H2,1-2H3,(H,25,27,29)/t17-,24-/m0/s1. The van der Waals surface area contributed by atoms with Crippen LogP contribution in [0.15, 0.2) is 59.8 Å². The molecule has 6 nitrogen and oxygen atoms in total. The van der Waals surface area contributed by atoms with Crippen LogP contribution >= 0.6 is 11.8 Å². The Bertz CT molecular complexity index is 900. The van der Waals surface area contributed by atoms with Crippen LogP contribution in [0, 0.1) is 0 Å². The Morgan fingerprint density at radius 3 is 2.65 bits per heavy atom. The first kappa shape index (κ1) is 23.0. The lowest BCUT2D eigenvalue weighted by Crippen LogP contribution is -2.33. The zero-order valence-corrected chi connectivity index (χ0v) is 18.8. The summed E-state index contributed by atoms with van der Waals surface area (Å²) < 4.78 is 5.25. The molecule has 0 aliphatic heterocycles. The van der Waals surface area contributed by atoms with Gasteiger partial charge in [0.2, 0.25) is 5.91 Å². The minimum atomic E-state index is -0.118. The van der Waals surface area contributed by atoms with Gasteiger partial charge < -0.3 is 10.1 Å². The second kappa shape index (κ2) is 11.7. The molecular formula is C24H29N3O3S. The third-order valence-electron chi connectivity index (χ3n) is 5.34. The number of amides is 1. The number of carbonyl (C=O) groups excluding carboxylic acids is 2. The van der Waals surface area contributed by atoms with E-state index >= 15 is 0 Å². The Balaban J connectivity index is 1.72. The van der Waals surface area contributed by atoms with E-state index in [4.69, 9.17) is 4.74 Å². The Kier molecular flexibility index (Phi) is 8.67. The van der Waals surface area contributed by atoms with E-state index in [9.17, 15) is 9.59 Å². The smallest absolute Gasteiger partial charge is 0.235 e. The van der Waals surface area contributed by atoms with Crippen molar-refractivity contribution in [1.29, 1.82) is 0 Å². The van der Waals surface area contributed by atoms with Crippen molar-refractivity contribution in [3.8, 4) is 5.75 Å². The highest BCUT2D eigenvalue weighted by molar-refractivity contribution is 8.00. The summed E-state index contributed by atoms with van der Waals surface area (Å²) in [5.41, 5.74) is 3.09. The molecule has 1 amide bonds. The van der Waals surface area contributed by atoms with Crippen LogP contribution in [0.1, 0.15) is 44.2 Å². The lowest BCUT2D eigenvalue weighted by molar-refractivity contribution is -0.113. The van der Waals surface area contributed by atoms with E-state index in [0.29, 0.717) is 5.82 Å². The first-order chi connectivity index (χ1) is 15.1. The van der Waals surface area contributed by atoms with Gasteiger partial charge in [-0.3, -0.25) is 14.9 Å². The number of benzene rings is 1. The van der Waals surface area contributed by atoms with Crippen molar-refractivity contribution in [2.24, 2.45) is 0 Å². The van der Waals surface area contributed by atoms with Crippen molar-refractivity contribution < 1.29 is 14.3 Å². The molecule has 0 fully saturated rings. The van der Waals surface area contributed by atoms with Gasteiger partial charge in [-0.05, 0) is 73.6 Å². The van der Waals surface area contributed by atoms with Gasteiger partial charge in [0.1, 0.15) is 17.9 Å². The maximum Gasteiger partial charge on any atom is 0.235 e. The van der Waals surface area contributed by atoms with Gasteiger partial charge in [0.05, 0.1) is 18.2 Å². The molecule has 1 aromatic heterocycles. The fourth-order valence-electron chi connectivity index (χ4n) is 3.63. The molecule has 7 heteroatoms. The maximum absolute atomic E-state index is 12.5. The number of thioether (sulfide) groups is 1. The number of nitrogens with zero attached hydrogens (tertiary/aromatic N) is 1. The number of carbonyl (C=O) groups is 2. The molecule has 0 bridgehead atoms. The Hall–Kier alpha value is -2.64. The van der Waals surface area contributed by atoms with Crippen molar-refractivity contribution >= 4 is 29.8 Å². The molecule has 2 atom stereocenters. The summed E-state index contributed by atoms with van der Waals surface area (Å²) in [6.07, 6.45) is 6.39. The first-order valence-electron chi connectivity index (χ1n) is 10.5. The molecule has 31 heavy (non-hydrogen) atoms. The highest BCUT2D eigenvalue weighted by atomic mass is 32.2. The molecule has 2 aromatic rings. The summed E-state index contributed by atoms with van der Waals surface area (Å²) in [6.45, 7) is 2.09. The Morgan fingerprint density at radius 1 is 1.19 bits per heavy atom. The van der Waals surface area contributed by atoms with Gasteiger partial charge in [0, 0.05) is 12.2 Å². The van der Waals surface area contributed by atoms with Crippen LogP contribution in [-0.2, 0) is 9.59 Å². The molecule has 3 rings (SSSR count). The van der Waals surface area contributed by atoms with E-state index in [-0.39, 0.29) is 23.1 Å². The van der Waals surface area contributed by atoms with Gasteiger partial charge in [0.15, 0.2) is 0 Å². The van der Waals surface area contributed by atoms with Crippen LogP contribution in [0.2, 0.25) is 0 Å². The molecule has 2 N–H and O–H groups in total. The van der Waals surface area contributed by atoms with E-state index in [2.05, 4.69) is 22.5 Å². The number of rotatable bonds is 10. The number of aromatic nitrogens is 1. The number of pyridine rings is 1. The molecule has 1 aliphatic carbocycles. The molecule has 1 aliphatic rings. The van der Waals surface area contributed by atoms with Gasteiger partial charge in [-0.15, -0.1) is 11.8 Å². The summed E-state index contributed by atoms with van der Waals surface area (Å²) in [5.74, 6) is 1.50. The molecule has 1 aromatic carbocycles.